The van der Waals surface area contributed by atoms with E-state index in [9.17, 15) is 10.1 Å². The molecule has 0 amide bonds. The zero-order chi connectivity index (χ0) is 14.7. The Morgan fingerprint density at radius 1 is 1.30 bits per heavy atom. The Balaban J connectivity index is 2.48. The lowest BCUT2D eigenvalue weighted by atomic mass is 9.90. The van der Waals surface area contributed by atoms with Crippen molar-refractivity contribution in [2.75, 3.05) is 0 Å². The van der Waals surface area contributed by atoms with Crippen molar-refractivity contribution in [1.29, 1.82) is 5.26 Å². The van der Waals surface area contributed by atoms with E-state index >= 15 is 0 Å². The van der Waals surface area contributed by atoms with Crippen molar-refractivity contribution in [3.63, 3.8) is 0 Å². The van der Waals surface area contributed by atoms with Gasteiger partial charge in [0, 0.05) is 15.1 Å². The third-order valence-corrected chi connectivity index (χ3v) is 4.03. The van der Waals surface area contributed by atoms with Gasteiger partial charge >= 0.3 is 0 Å². The lowest BCUT2D eigenvalue weighted by molar-refractivity contribution is 0.0978. The molecule has 0 aliphatic carbocycles. The van der Waals surface area contributed by atoms with Crippen molar-refractivity contribution in [1.82, 2.24) is 0 Å². The first-order valence-corrected chi connectivity index (χ1v) is 7.16. The molecule has 0 heterocycles. The first kappa shape index (κ1) is 14.8. The molecule has 2 aromatic carbocycles. The number of ketones is 1. The van der Waals surface area contributed by atoms with Crippen LogP contribution in [0.15, 0.2) is 46.9 Å². The number of benzene rings is 2. The van der Waals surface area contributed by atoms with E-state index in [-0.39, 0.29) is 5.78 Å². The van der Waals surface area contributed by atoms with Gasteiger partial charge in [0.15, 0.2) is 5.78 Å². The summed E-state index contributed by atoms with van der Waals surface area (Å²) in [6.45, 7) is 1.83. The standard InChI is InChI=1S/C16H11BrClNO/c1-10-6-7-11(18)8-13(10)16(20)14(9-19)12-4-2-3-5-15(12)17/h2-8,14H,1H3. The summed E-state index contributed by atoms with van der Waals surface area (Å²) in [5, 5.41) is 9.86. The lowest BCUT2D eigenvalue weighted by Crippen LogP contribution is -2.13. The number of nitriles is 1. The minimum Gasteiger partial charge on any atom is -0.292 e. The Kier molecular flexibility index (Phi) is 4.59. The van der Waals surface area contributed by atoms with Crippen molar-refractivity contribution in [3.8, 4) is 6.07 Å². The van der Waals surface area contributed by atoms with Gasteiger partial charge in [0.2, 0.25) is 0 Å². The average Bonchev–Trinajstić information content (AvgIpc) is 2.44. The summed E-state index contributed by atoms with van der Waals surface area (Å²) in [6.07, 6.45) is 0. The lowest BCUT2D eigenvalue weighted by Gasteiger charge is -2.12. The van der Waals surface area contributed by atoms with Crippen LogP contribution in [-0.2, 0) is 0 Å². The molecule has 1 atom stereocenters. The summed E-state index contributed by atoms with van der Waals surface area (Å²) in [7, 11) is 0. The van der Waals surface area contributed by atoms with E-state index in [0.717, 1.165) is 10.0 Å². The Bertz CT molecular complexity index is 706. The number of carbonyl (C=O) groups is 1. The first-order chi connectivity index (χ1) is 9.54. The van der Waals surface area contributed by atoms with Crippen molar-refractivity contribution < 1.29 is 4.79 Å². The van der Waals surface area contributed by atoms with Crippen LogP contribution in [0, 0.1) is 18.3 Å². The van der Waals surface area contributed by atoms with E-state index in [1.807, 2.05) is 25.1 Å². The highest BCUT2D eigenvalue weighted by Gasteiger charge is 2.24. The number of hydrogen-bond donors (Lipinski definition) is 0. The number of rotatable bonds is 3. The second kappa shape index (κ2) is 6.21. The van der Waals surface area contributed by atoms with Crippen LogP contribution in [0.5, 0.6) is 0 Å². The summed E-state index contributed by atoms with van der Waals surface area (Å²) in [5.41, 5.74) is 1.96. The highest BCUT2D eigenvalue weighted by molar-refractivity contribution is 9.10. The maximum absolute atomic E-state index is 12.6. The van der Waals surface area contributed by atoms with Gasteiger partial charge in [0.1, 0.15) is 5.92 Å². The van der Waals surface area contributed by atoms with Crippen molar-refractivity contribution in [3.05, 3.63) is 68.7 Å². The summed E-state index contributed by atoms with van der Waals surface area (Å²) < 4.78 is 0.750. The fourth-order valence-corrected chi connectivity index (χ4v) is 2.68. The molecule has 4 heteroatoms. The molecule has 0 bridgehead atoms. The molecule has 2 nitrogen and oxygen atoms in total. The molecule has 0 aliphatic heterocycles. The smallest absolute Gasteiger partial charge is 0.184 e. The summed E-state index contributed by atoms with van der Waals surface area (Å²) in [4.78, 5) is 12.6. The Labute approximate surface area is 131 Å². The summed E-state index contributed by atoms with van der Waals surface area (Å²) in [5.74, 6) is -1.08. The van der Waals surface area contributed by atoms with E-state index in [2.05, 4.69) is 22.0 Å². The fourth-order valence-electron chi connectivity index (χ4n) is 1.99. The van der Waals surface area contributed by atoms with E-state index in [1.165, 1.54) is 0 Å². The van der Waals surface area contributed by atoms with Gasteiger partial charge in [-0.2, -0.15) is 5.26 Å². The molecule has 1 unspecified atom stereocenters. The molecule has 0 fully saturated rings. The second-order valence-electron chi connectivity index (χ2n) is 4.41. The molecule has 20 heavy (non-hydrogen) atoms. The van der Waals surface area contributed by atoms with Crippen LogP contribution in [-0.4, -0.2) is 5.78 Å². The van der Waals surface area contributed by atoms with Gasteiger partial charge in [0.05, 0.1) is 6.07 Å². The molecule has 0 radical (unpaired) electrons. The molecule has 0 saturated carbocycles. The topological polar surface area (TPSA) is 40.9 Å². The highest BCUT2D eigenvalue weighted by Crippen LogP contribution is 2.29. The molecular weight excluding hydrogens is 338 g/mol. The zero-order valence-corrected chi connectivity index (χ0v) is 13.1. The third-order valence-electron chi connectivity index (χ3n) is 3.07. The average molecular weight is 349 g/mol. The fraction of sp³-hybridized carbons (Fsp3) is 0.125. The van der Waals surface area contributed by atoms with Gasteiger partial charge in [-0.15, -0.1) is 0 Å². The number of Topliss-reactive ketones (excluding diaryl/α,β-unsaturated/α-hetero) is 1. The third kappa shape index (κ3) is 2.92. The molecule has 2 aromatic rings. The molecular formula is C16H11BrClNO. The molecule has 0 saturated heterocycles. The second-order valence-corrected chi connectivity index (χ2v) is 5.70. The van der Waals surface area contributed by atoms with Crippen LogP contribution in [0.3, 0.4) is 0 Å². The monoisotopic (exact) mass is 347 g/mol. The van der Waals surface area contributed by atoms with Gasteiger partial charge in [-0.1, -0.05) is 51.8 Å². The quantitative estimate of drug-likeness (QED) is 0.740. The zero-order valence-electron chi connectivity index (χ0n) is 10.7. The van der Waals surface area contributed by atoms with Crippen molar-refractivity contribution in [2.45, 2.75) is 12.8 Å². The van der Waals surface area contributed by atoms with Crippen LogP contribution in [0.25, 0.3) is 0 Å². The van der Waals surface area contributed by atoms with Gasteiger partial charge in [-0.3, -0.25) is 4.79 Å². The van der Waals surface area contributed by atoms with E-state index in [1.54, 1.807) is 24.3 Å². The van der Waals surface area contributed by atoms with E-state index in [4.69, 9.17) is 11.6 Å². The minimum absolute atomic E-state index is 0.237. The summed E-state index contributed by atoms with van der Waals surface area (Å²) in [6, 6.07) is 14.4. The Morgan fingerprint density at radius 3 is 2.65 bits per heavy atom. The Morgan fingerprint density at radius 2 is 2.00 bits per heavy atom. The van der Waals surface area contributed by atoms with Crippen LogP contribution < -0.4 is 0 Å². The number of aryl methyl sites for hydroxylation is 1. The molecule has 100 valence electrons. The van der Waals surface area contributed by atoms with E-state index < -0.39 is 5.92 Å². The first-order valence-electron chi connectivity index (χ1n) is 5.99. The van der Waals surface area contributed by atoms with Gasteiger partial charge < -0.3 is 0 Å². The number of nitrogens with zero attached hydrogens (tertiary/aromatic N) is 1. The predicted molar refractivity (Wildman–Crippen MR) is 83.0 cm³/mol. The number of hydrogen-bond acceptors (Lipinski definition) is 2. The highest BCUT2D eigenvalue weighted by atomic mass is 79.9. The maximum Gasteiger partial charge on any atom is 0.184 e. The Hall–Kier alpha value is -1.63. The molecule has 0 N–H and O–H groups in total. The number of carbonyl (C=O) groups excluding carboxylic acids is 1. The molecule has 2 rings (SSSR count). The minimum atomic E-state index is -0.845. The van der Waals surface area contributed by atoms with Gasteiger partial charge in [-0.05, 0) is 36.2 Å². The van der Waals surface area contributed by atoms with Crippen LogP contribution in [0.1, 0.15) is 27.4 Å². The SMILES string of the molecule is Cc1ccc(Cl)cc1C(=O)C(C#N)c1ccccc1Br. The number of halogens is 2. The molecule has 0 spiro atoms. The van der Waals surface area contributed by atoms with Gasteiger partial charge in [-0.25, -0.2) is 0 Å². The van der Waals surface area contributed by atoms with Crippen LogP contribution in [0.2, 0.25) is 5.02 Å². The predicted octanol–water partition coefficient (Wildman–Crippen LogP) is 4.90. The van der Waals surface area contributed by atoms with Crippen LogP contribution >= 0.6 is 27.5 Å². The normalized spacial score (nSPS) is 11.7. The van der Waals surface area contributed by atoms with Crippen LogP contribution in [0.4, 0.5) is 0 Å². The van der Waals surface area contributed by atoms with Gasteiger partial charge in [0.25, 0.3) is 0 Å². The maximum atomic E-state index is 12.6. The van der Waals surface area contributed by atoms with E-state index in [0.29, 0.717) is 16.1 Å². The molecule has 0 aromatic heterocycles. The molecule has 0 aliphatic rings. The van der Waals surface area contributed by atoms with Crippen molar-refractivity contribution in [2.24, 2.45) is 0 Å². The largest absolute Gasteiger partial charge is 0.292 e. The van der Waals surface area contributed by atoms with Crippen molar-refractivity contribution >= 4 is 33.3 Å². The summed E-state index contributed by atoms with van der Waals surface area (Å²) >= 11 is 9.32.